The van der Waals surface area contributed by atoms with E-state index in [4.69, 9.17) is 4.74 Å². The summed E-state index contributed by atoms with van der Waals surface area (Å²) in [5, 5.41) is 4.64. The minimum absolute atomic E-state index is 0.0827. The molecule has 32 heavy (non-hydrogen) atoms. The molecule has 0 aliphatic heterocycles. The van der Waals surface area contributed by atoms with Gasteiger partial charge in [-0.25, -0.2) is 14.6 Å². The molecule has 2 aromatic heterocycles. The van der Waals surface area contributed by atoms with E-state index in [-0.39, 0.29) is 11.9 Å². The van der Waals surface area contributed by atoms with Crippen LogP contribution in [0.3, 0.4) is 0 Å². The number of methoxy groups -OCH3 is 1. The second-order valence-corrected chi connectivity index (χ2v) is 8.27. The molecule has 0 radical (unpaired) electrons. The first-order valence-corrected chi connectivity index (χ1v) is 11.0. The standard InChI is InChI=1S/C25H33N5O2/c1-8-29(18(4)14-21-9-11-22(32-7)12-10-21)24(31)15-23-19(5)28-30(20(23)6)25-26-16(2)13-17(3)27-25/h9-13,18H,8,14-15H2,1-7H3. The lowest BCUT2D eigenvalue weighted by molar-refractivity contribution is -0.132. The predicted octanol–water partition coefficient (Wildman–Crippen LogP) is 3.93. The van der Waals surface area contributed by atoms with Crippen LogP contribution in [0.25, 0.3) is 5.95 Å². The van der Waals surface area contributed by atoms with Crippen LogP contribution < -0.4 is 4.74 Å². The molecule has 0 fully saturated rings. The van der Waals surface area contributed by atoms with E-state index in [2.05, 4.69) is 34.1 Å². The summed E-state index contributed by atoms with van der Waals surface area (Å²) in [6.45, 7) is 12.6. The molecule has 0 N–H and O–H groups in total. The Balaban J connectivity index is 1.77. The van der Waals surface area contributed by atoms with E-state index < -0.39 is 0 Å². The minimum Gasteiger partial charge on any atom is -0.497 e. The number of carbonyl (C=O) groups is 1. The molecule has 7 heteroatoms. The molecule has 7 nitrogen and oxygen atoms in total. The number of amides is 1. The van der Waals surface area contributed by atoms with Crippen molar-refractivity contribution in [2.75, 3.05) is 13.7 Å². The van der Waals surface area contributed by atoms with Gasteiger partial charge < -0.3 is 9.64 Å². The molecule has 0 bridgehead atoms. The molecule has 170 valence electrons. The highest BCUT2D eigenvalue weighted by Crippen LogP contribution is 2.20. The molecule has 1 amide bonds. The lowest BCUT2D eigenvalue weighted by Gasteiger charge is -2.28. The van der Waals surface area contributed by atoms with Crippen molar-refractivity contribution in [2.24, 2.45) is 0 Å². The number of nitrogens with zero attached hydrogens (tertiary/aromatic N) is 5. The van der Waals surface area contributed by atoms with Crippen LogP contribution in [0, 0.1) is 27.7 Å². The molecule has 0 aliphatic carbocycles. The van der Waals surface area contributed by atoms with Crippen LogP contribution in [0.15, 0.2) is 30.3 Å². The van der Waals surface area contributed by atoms with Gasteiger partial charge in [-0.1, -0.05) is 12.1 Å². The number of hydrogen-bond donors (Lipinski definition) is 0. The average molecular weight is 436 g/mol. The number of rotatable bonds is 8. The van der Waals surface area contributed by atoms with Crippen LogP contribution >= 0.6 is 0 Å². The number of likely N-dealkylation sites (N-methyl/N-ethyl adjacent to an activating group) is 1. The van der Waals surface area contributed by atoms with Gasteiger partial charge in [-0.3, -0.25) is 4.79 Å². The Morgan fingerprint density at radius 2 is 1.72 bits per heavy atom. The fraction of sp³-hybridized carbons (Fsp3) is 0.440. The lowest BCUT2D eigenvalue weighted by atomic mass is 10.0. The maximum Gasteiger partial charge on any atom is 0.251 e. The van der Waals surface area contributed by atoms with Crippen molar-refractivity contribution in [3.05, 3.63) is 64.2 Å². The molecular weight excluding hydrogens is 402 g/mol. The molecular formula is C25H33N5O2. The Labute approximate surface area is 190 Å². The van der Waals surface area contributed by atoms with Crippen molar-refractivity contribution in [1.29, 1.82) is 0 Å². The summed E-state index contributed by atoms with van der Waals surface area (Å²) in [7, 11) is 1.66. The summed E-state index contributed by atoms with van der Waals surface area (Å²) in [5.41, 5.74) is 5.63. The van der Waals surface area contributed by atoms with Gasteiger partial charge in [0, 0.05) is 35.2 Å². The second kappa shape index (κ2) is 9.94. The van der Waals surface area contributed by atoms with Crippen LogP contribution in [0.5, 0.6) is 5.75 Å². The van der Waals surface area contributed by atoms with Crippen LogP contribution in [-0.2, 0) is 17.6 Å². The summed E-state index contributed by atoms with van der Waals surface area (Å²) in [5.74, 6) is 1.48. The zero-order chi connectivity index (χ0) is 23.4. The lowest BCUT2D eigenvalue weighted by Crippen LogP contribution is -2.40. The minimum atomic E-state index is 0.0827. The highest BCUT2D eigenvalue weighted by atomic mass is 16.5. The molecule has 1 unspecified atom stereocenters. The summed E-state index contributed by atoms with van der Waals surface area (Å²) >= 11 is 0. The highest BCUT2D eigenvalue weighted by molar-refractivity contribution is 5.79. The van der Waals surface area contributed by atoms with Crippen molar-refractivity contribution < 1.29 is 9.53 Å². The molecule has 1 aromatic carbocycles. The van der Waals surface area contributed by atoms with Gasteiger partial charge in [0.05, 0.1) is 19.2 Å². The normalized spacial score (nSPS) is 12.0. The molecule has 3 aromatic rings. The first-order chi connectivity index (χ1) is 15.2. The van der Waals surface area contributed by atoms with Crippen LogP contribution in [0.1, 0.15) is 47.8 Å². The molecule has 0 spiro atoms. The summed E-state index contributed by atoms with van der Waals surface area (Å²) < 4.78 is 6.98. The Kier molecular flexibility index (Phi) is 7.28. The van der Waals surface area contributed by atoms with Gasteiger partial charge in [-0.15, -0.1) is 0 Å². The van der Waals surface area contributed by atoms with Crippen LogP contribution in [-0.4, -0.2) is 50.3 Å². The van der Waals surface area contributed by atoms with Gasteiger partial charge in [-0.2, -0.15) is 5.10 Å². The van der Waals surface area contributed by atoms with E-state index in [1.807, 2.05) is 57.7 Å². The van der Waals surface area contributed by atoms with Crippen molar-refractivity contribution in [3.63, 3.8) is 0 Å². The smallest absolute Gasteiger partial charge is 0.251 e. The molecule has 0 saturated carbocycles. The maximum absolute atomic E-state index is 13.3. The largest absolute Gasteiger partial charge is 0.497 e. The monoisotopic (exact) mass is 435 g/mol. The maximum atomic E-state index is 13.3. The zero-order valence-electron chi connectivity index (χ0n) is 20.1. The van der Waals surface area contributed by atoms with E-state index in [1.165, 1.54) is 5.56 Å². The third-order valence-corrected chi connectivity index (χ3v) is 5.81. The summed E-state index contributed by atoms with van der Waals surface area (Å²) in [4.78, 5) is 24.3. The molecule has 2 heterocycles. The van der Waals surface area contributed by atoms with E-state index >= 15 is 0 Å². The van der Waals surface area contributed by atoms with Crippen molar-refractivity contribution in [3.8, 4) is 11.7 Å². The van der Waals surface area contributed by atoms with Gasteiger partial charge in [0.15, 0.2) is 0 Å². The van der Waals surface area contributed by atoms with E-state index in [1.54, 1.807) is 11.8 Å². The first kappa shape index (κ1) is 23.4. The Morgan fingerprint density at radius 1 is 1.09 bits per heavy atom. The number of aromatic nitrogens is 4. The average Bonchev–Trinajstić information content (AvgIpc) is 3.02. The molecule has 0 saturated heterocycles. The summed E-state index contributed by atoms with van der Waals surface area (Å²) in [6, 6.07) is 10.0. The van der Waals surface area contributed by atoms with Crippen LogP contribution in [0.2, 0.25) is 0 Å². The quantitative estimate of drug-likeness (QED) is 0.536. The van der Waals surface area contributed by atoms with Gasteiger partial charge in [-0.05, 0) is 71.7 Å². The fourth-order valence-corrected chi connectivity index (χ4v) is 4.13. The topological polar surface area (TPSA) is 73.1 Å². The number of benzene rings is 1. The Hall–Kier alpha value is -3.22. The number of hydrogen-bond acceptors (Lipinski definition) is 5. The number of ether oxygens (including phenoxy) is 1. The molecule has 0 aliphatic rings. The van der Waals surface area contributed by atoms with E-state index in [0.29, 0.717) is 18.9 Å². The van der Waals surface area contributed by atoms with Gasteiger partial charge in [0.25, 0.3) is 5.95 Å². The van der Waals surface area contributed by atoms with Crippen molar-refractivity contribution >= 4 is 5.91 Å². The zero-order valence-corrected chi connectivity index (χ0v) is 20.1. The third-order valence-electron chi connectivity index (χ3n) is 5.81. The summed E-state index contributed by atoms with van der Waals surface area (Å²) in [6.07, 6.45) is 1.10. The SMILES string of the molecule is CCN(C(=O)Cc1c(C)nn(-c2nc(C)cc(C)n2)c1C)C(C)Cc1ccc(OC)cc1. The third kappa shape index (κ3) is 5.15. The van der Waals surface area contributed by atoms with Gasteiger partial charge in [0.2, 0.25) is 5.91 Å². The van der Waals surface area contributed by atoms with Crippen LogP contribution in [0.4, 0.5) is 0 Å². The van der Waals surface area contributed by atoms with Gasteiger partial charge in [0.1, 0.15) is 5.75 Å². The Morgan fingerprint density at radius 3 is 2.28 bits per heavy atom. The van der Waals surface area contributed by atoms with E-state index in [0.717, 1.165) is 40.5 Å². The fourth-order valence-electron chi connectivity index (χ4n) is 4.13. The highest BCUT2D eigenvalue weighted by Gasteiger charge is 2.23. The predicted molar refractivity (Wildman–Crippen MR) is 125 cm³/mol. The van der Waals surface area contributed by atoms with Crippen molar-refractivity contribution in [1.82, 2.24) is 24.6 Å². The number of aryl methyl sites for hydroxylation is 3. The Bertz CT molecular complexity index is 1070. The first-order valence-electron chi connectivity index (χ1n) is 11.0. The second-order valence-electron chi connectivity index (χ2n) is 8.27. The molecule has 1 atom stereocenters. The number of carbonyl (C=O) groups excluding carboxylic acids is 1. The van der Waals surface area contributed by atoms with E-state index in [9.17, 15) is 4.79 Å². The van der Waals surface area contributed by atoms with Crippen molar-refractivity contribution in [2.45, 2.75) is 60.4 Å². The van der Waals surface area contributed by atoms with Gasteiger partial charge >= 0.3 is 0 Å². The molecule has 3 rings (SSSR count).